The van der Waals surface area contributed by atoms with Gasteiger partial charge in [-0.05, 0) is 306 Å². The number of anilines is 8. The van der Waals surface area contributed by atoms with E-state index in [4.69, 9.17) is 4.74 Å². The SMILES string of the molecule is CCc1ccc(N(CC(C)C)S(=O)(=O)c2ccc3c(c2)C(O)CCN3CC2CCC(=O)C2)cc1.CCc1ccc(N(CC(C)C)S(=O)(=O)c2ccc3c(c2)C(O)CCN3CC2CCN(C(=O)OC(C)(C)C)CC2)cc1.CCc1ccc(N(CC(C)C)S(=O)(=O)c2ccc3c(c2)C(O)CCN3Cc2ccnc(F)c2)cc1.CCc1ccc(N(CC(C)C)S(=O)(=O)c2ccc3c(c2)C(O)CCN3Cc2ccncc2)cc1. The number of likely N-dealkylation sites (tertiary alicyclic amines) is 1. The highest BCUT2D eigenvalue weighted by molar-refractivity contribution is 7.93. The maximum atomic E-state index is 14.0. The van der Waals surface area contributed by atoms with Crippen molar-refractivity contribution in [3.05, 3.63) is 274 Å². The molecule has 0 bridgehead atoms. The third-order valence-corrected chi connectivity index (χ3v) is 34.5. The van der Waals surface area contributed by atoms with Gasteiger partial charge < -0.3 is 49.7 Å². The Hall–Kier alpha value is -11.0. The quantitative estimate of drug-likeness (QED) is 0.0285. The van der Waals surface area contributed by atoms with Gasteiger partial charge in [0.15, 0.2) is 0 Å². The van der Waals surface area contributed by atoms with Gasteiger partial charge in [-0.25, -0.2) is 43.4 Å². The molecule has 2 aromatic heterocycles. The number of ketones is 1. The van der Waals surface area contributed by atoms with Crippen molar-refractivity contribution >= 4 is 97.5 Å². The second-order valence-corrected chi connectivity index (χ2v) is 49.0. The molecule has 0 spiro atoms. The first-order valence-corrected chi connectivity index (χ1v) is 56.9. The Labute approximate surface area is 854 Å². The standard InChI is InChI=1S/C32H47N3O5S.C27H32FN3O3S.C27H33N3O3S.C27H36N2O4S/c1-7-24-8-10-26(11-9-24)35(21-23(2)3)41(38,39)27-12-13-29-28(20-27)30(36)16-19-34(29)22-25-14-17-33(18-15-25)31(37)40-32(4,5)6;1-4-20-5-7-22(8-6-20)31(17-19(2)3)35(33,34)23-9-10-25-24(16-23)26(32)12-14-30(25)18-21-11-13-29-27(28)15-21;1-4-21-5-7-23(8-6-21)30(18-20(2)3)34(32,33)24-9-10-26-25(17-24)27(31)13-16-29(26)19-22-11-14-28-15-12-22;1-4-20-5-8-22(9-6-20)29(17-19(2)3)34(32,33)24-11-12-26-25(16-24)27(31)13-14-28(26)18-21-7-10-23(30)15-21/h8-13,20,23,25,30,36H,7,14-19,21-22H2,1-6H3;5-11,13,15-16,19,26,32H,4,12,14,17-18H2,1-3H3;5-12,14-15,17,20,27,31H,4,13,16,18-19H2,1-3H3;5-6,8-9,11-12,16,19,21,27,31H,4,7,10,13-15,17-18H2,1-3H3. The van der Waals surface area contributed by atoms with Crippen LogP contribution in [0.1, 0.15) is 242 Å². The smallest absolute Gasteiger partial charge is 0.410 e. The average Bonchev–Trinajstić information content (AvgIpc) is 0.851. The number of carbonyl (C=O) groups is 2. The fourth-order valence-electron chi connectivity index (χ4n) is 19.5. The molecule has 26 nitrogen and oxygen atoms in total. The highest BCUT2D eigenvalue weighted by Gasteiger charge is 2.39. The molecule has 5 unspecified atom stereocenters. The summed E-state index contributed by atoms with van der Waals surface area (Å²) in [7, 11) is -15.3. The van der Waals surface area contributed by atoms with E-state index in [9.17, 15) is 68.1 Å². The molecule has 5 aliphatic heterocycles. The lowest BCUT2D eigenvalue weighted by Crippen LogP contribution is -2.44. The molecule has 1 saturated carbocycles. The number of piperidine rings is 1. The largest absolute Gasteiger partial charge is 0.444 e. The molecule has 8 aromatic carbocycles. The molecule has 1 saturated heterocycles. The van der Waals surface area contributed by atoms with Crippen LogP contribution in [0.2, 0.25) is 0 Å². The molecule has 7 heterocycles. The molecule has 144 heavy (non-hydrogen) atoms. The Bertz CT molecular complexity index is 6470. The molecule has 1 aliphatic carbocycles. The lowest BCUT2D eigenvalue weighted by atomic mass is 9.93. The molecule has 0 radical (unpaired) electrons. The summed E-state index contributed by atoms with van der Waals surface area (Å²) in [4.78, 5) is 43.1. The number of amides is 1. The van der Waals surface area contributed by atoms with Gasteiger partial charge in [0, 0.05) is 168 Å². The van der Waals surface area contributed by atoms with Crippen molar-refractivity contribution < 1.29 is 72.8 Å². The fraction of sp³-hybridized carbons (Fsp3) is 0.469. The van der Waals surface area contributed by atoms with Gasteiger partial charge in [-0.15, -0.1) is 0 Å². The van der Waals surface area contributed by atoms with Crippen molar-refractivity contribution in [3.63, 3.8) is 0 Å². The summed E-state index contributed by atoms with van der Waals surface area (Å²) >= 11 is 0. The summed E-state index contributed by atoms with van der Waals surface area (Å²) in [6, 6.07) is 58.2. The molecule has 2 fully saturated rings. The number of aliphatic hydroxyl groups excluding tert-OH is 4. The van der Waals surface area contributed by atoms with E-state index in [0.29, 0.717) is 180 Å². The van der Waals surface area contributed by atoms with Crippen LogP contribution in [0.3, 0.4) is 0 Å². The van der Waals surface area contributed by atoms with Crippen LogP contribution in [0.4, 0.5) is 54.7 Å². The summed E-state index contributed by atoms with van der Waals surface area (Å²) in [5.74, 6) is 1.05. The number of aromatic nitrogens is 2. The topological polar surface area (TPSA) is 316 Å². The molecule has 776 valence electrons. The van der Waals surface area contributed by atoms with Crippen LogP contribution < -0.4 is 36.8 Å². The van der Waals surface area contributed by atoms with E-state index in [1.807, 2.05) is 208 Å². The minimum atomic E-state index is -3.86. The summed E-state index contributed by atoms with van der Waals surface area (Å²) in [5.41, 5.74) is 14.5. The van der Waals surface area contributed by atoms with Crippen LogP contribution in [-0.4, -0.2) is 165 Å². The number of aryl methyl sites for hydroxylation is 4. The number of ether oxygens (including phenoxy) is 1. The normalized spacial score (nSPS) is 17.7. The molecular formula is C113H148FN11O15S4. The third kappa shape index (κ3) is 27.6. The van der Waals surface area contributed by atoms with Crippen molar-refractivity contribution in [1.29, 1.82) is 0 Å². The van der Waals surface area contributed by atoms with Crippen molar-refractivity contribution in [2.75, 3.05) is 115 Å². The van der Waals surface area contributed by atoms with E-state index in [1.165, 1.54) is 29.5 Å². The van der Waals surface area contributed by atoms with E-state index < -0.39 is 76.1 Å². The van der Waals surface area contributed by atoms with E-state index in [2.05, 4.69) is 52.4 Å². The van der Waals surface area contributed by atoms with Gasteiger partial charge in [0.05, 0.1) is 66.7 Å². The van der Waals surface area contributed by atoms with Crippen LogP contribution in [0.15, 0.2) is 232 Å². The number of fused-ring (bicyclic) bond motifs is 4. The highest BCUT2D eigenvalue weighted by atomic mass is 32.2. The summed E-state index contributed by atoms with van der Waals surface area (Å²) in [5, 5.41) is 43.2. The zero-order valence-electron chi connectivity index (χ0n) is 86.3. The van der Waals surface area contributed by atoms with Gasteiger partial charge in [-0.1, -0.05) is 132 Å². The first-order valence-electron chi connectivity index (χ1n) is 51.2. The van der Waals surface area contributed by atoms with Crippen LogP contribution in [0.5, 0.6) is 0 Å². The Morgan fingerprint density at radius 1 is 0.382 bits per heavy atom. The minimum Gasteiger partial charge on any atom is -0.444 e. The molecule has 10 aromatic rings. The van der Waals surface area contributed by atoms with E-state index in [-0.39, 0.29) is 49.3 Å². The second-order valence-electron chi connectivity index (χ2n) is 41.5. The maximum absolute atomic E-state index is 14.0. The van der Waals surface area contributed by atoms with Gasteiger partial charge in [-0.2, -0.15) is 4.39 Å². The number of benzene rings is 8. The molecule has 5 atom stereocenters. The fourth-order valence-corrected chi connectivity index (χ4v) is 26.1. The Kier molecular flexibility index (Phi) is 37.1. The molecule has 1 amide bonds. The lowest BCUT2D eigenvalue weighted by Gasteiger charge is -2.39. The van der Waals surface area contributed by atoms with Gasteiger partial charge in [-0.3, -0.25) is 27.0 Å². The van der Waals surface area contributed by atoms with Crippen molar-refractivity contribution in [3.8, 4) is 0 Å². The highest BCUT2D eigenvalue weighted by Crippen LogP contribution is 2.45. The first kappa shape index (κ1) is 110. The molecule has 31 heteroatoms. The molecule has 16 rings (SSSR count). The van der Waals surface area contributed by atoms with E-state index in [0.717, 1.165) is 114 Å². The van der Waals surface area contributed by atoms with Gasteiger partial charge >= 0.3 is 6.09 Å². The van der Waals surface area contributed by atoms with Crippen molar-refractivity contribution in [2.45, 2.75) is 250 Å². The van der Waals surface area contributed by atoms with E-state index in [1.54, 1.807) is 78.0 Å². The number of Topliss-reactive ketones (excluding diaryl/α,β-unsaturated/α-hetero) is 1. The van der Waals surface area contributed by atoms with E-state index >= 15 is 0 Å². The summed E-state index contributed by atoms with van der Waals surface area (Å²) in [6.45, 7) is 38.1. The number of pyridine rings is 2. The number of hydrogen-bond acceptors (Lipinski definition) is 21. The first-order chi connectivity index (χ1) is 68.4. The van der Waals surface area contributed by atoms with Crippen molar-refractivity contribution in [1.82, 2.24) is 14.9 Å². The Morgan fingerprint density at radius 2 is 0.681 bits per heavy atom. The minimum absolute atomic E-state index is 0.120. The number of halogens is 1. The van der Waals surface area contributed by atoms with Crippen LogP contribution in [0, 0.1) is 41.5 Å². The van der Waals surface area contributed by atoms with Crippen LogP contribution in [0.25, 0.3) is 0 Å². The van der Waals surface area contributed by atoms with Crippen LogP contribution in [-0.2, 0) is 88.4 Å². The Morgan fingerprint density at radius 3 is 0.972 bits per heavy atom. The second kappa shape index (κ2) is 48.5. The summed E-state index contributed by atoms with van der Waals surface area (Å²) in [6.07, 6.45) is 11.4. The van der Waals surface area contributed by atoms with Gasteiger partial charge in [0.25, 0.3) is 40.1 Å². The number of nitrogens with zero attached hydrogens (tertiary/aromatic N) is 11. The Balaban J connectivity index is 0.000000161. The zero-order chi connectivity index (χ0) is 104. The van der Waals surface area contributed by atoms with Crippen LogP contribution >= 0.6 is 0 Å². The number of sulfonamides is 4. The lowest BCUT2D eigenvalue weighted by molar-refractivity contribution is -0.117. The predicted molar refractivity (Wildman–Crippen MR) is 573 cm³/mol. The van der Waals surface area contributed by atoms with Gasteiger partial charge in [0.1, 0.15) is 11.4 Å². The number of rotatable bonds is 32. The summed E-state index contributed by atoms with van der Waals surface area (Å²) < 4.78 is 136. The zero-order valence-corrected chi connectivity index (χ0v) is 89.5. The molecule has 6 aliphatic rings. The van der Waals surface area contributed by atoms with Crippen molar-refractivity contribution in [2.24, 2.45) is 35.5 Å². The molecular weight excluding hydrogens is 1900 g/mol. The number of hydrogen-bond donors (Lipinski definition) is 4. The maximum Gasteiger partial charge on any atom is 0.410 e. The third-order valence-electron chi connectivity index (χ3n) is 27.3. The van der Waals surface area contributed by atoms with Gasteiger partial charge in [0.2, 0.25) is 5.95 Å². The molecule has 4 N–H and O–H groups in total. The number of aliphatic hydroxyl groups is 4. The number of carbonyl (C=O) groups excluding carboxylic acids is 2. The monoisotopic (exact) mass is 2050 g/mol. The predicted octanol–water partition coefficient (Wildman–Crippen LogP) is 20.7. The average molecular weight is 2050 g/mol.